The number of carbonyl (C=O) groups is 2. The van der Waals surface area contributed by atoms with Crippen molar-refractivity contribution in [2.24, 2.45) is 0 Å². The molecule has 1 aromatic heterocycles. The molecule has 0 bridgehead atoms. The monoisotopic (exact) mass is 676 g/mol. The van der Waals surface area contributed by atoms with E-state index in [1.165, 1.54) is 12.3 Å². The number of hydrogen-bond acceptors (Lipinski definition) is 11. The number of anilines is 5. The fourth-order valence-electron chi connectivity index (χ4n) is 4.58. The van der Waals surface area contributed by atoms with E-state index in [-0.39, 0.29) is 34.2 Å². The Balaban J connectivity index is 1.50. The highest BCUT2D eigenvalue weighted by Crippen LogP contribution is 2.33. The van der Waals surface area contributed by atoms with Crippen molar-refractivity contribution in [3.63, 3.8) is 0 Å². The van der Waals surface area contributed by atoms with E-state index in [0.717, 1.165) is 6.07 Å². The first-order valence-corrected chi connectivity index (χ1v) is 16.8. The number of aromatic nitrogens is 2. The quantitative estimate of drug-likeness (QED) is 0.0997. The molecule has 0 atom stereocenters. The molecule has 3 aromatic carbocycles. The number of phenolic OH excluding ortho intramolecular Hbond substituents is 2. The van der Waals surface area contributed by atoms with E-state index < -0.39 is 39.2 Å². The first kappa shape index (κ1) is 35.5. The first-order chi connectivity index (χ1) is 22.6. The largest absolute Gasteiger partial charge is 0.508 e. The Hall–Kier alpha value is -5.37. The van der Waals surface area contributed by atoms with Crippen LogP contribution in [0.1, 0.15) is 63.4 Å². The van der Waals surface area contributed by atoms with Gasteiger partial charge in [0.1, 0.15) is 23.1 Å². The van der Waals surface area contributed by atoms with Gasteiger partial charge >= 0.3 is 0 Å². The van der Waals surface area contributed by atoms with Crippen LogP contribution >= 0.6 is 0 Å². The van der Waals surface area contributed by atoms with Crippen molar-refractivity contribution in [2.45, 2.75) is 63.7 Å². The molecule has 13 nitrogen and oxygen atoms in total. The molecule has 0 aliphatic rings. The van der Waals surface area contributed by atoms with Gasteiger partial charge in [0.2, 0.25) is 11.9 Å². The van der Waals surface area contributed by atoms with Crippen LogP contribution in [0.5, 0.6) is 17.2 Å². The van der Waals surface area contributed by atoms with Crippen LogP contribution in [0.2, 0.25) is 0 Å². The molecule has 0 unspecified atom stereocenters. The number of amides is 2. The second kappa shape index (κ2) is 15.0. The molecular weight excluding hydrogens is 636 g/mol. The van der Waals surface area contributed by atoms with Crippen LogP contribution in [0.4, 0.5) is 28.8 Å². The summed E-state index contributed by atoms with van der Waals surface area (Å²) in [6.07, 6.45) is 1.33. The number of carbonyl (C=O) groups excluding carboxylic acids is 2. The van der Waals surface area contributed by atoms with Crippen LogP contribution in [-0.2, 0) is 14.6 Å². The Morgan fingerprint density at radius 3 is 2.29 bits per heavy atom. The number of sulfone groups is 1. The molecule has 0 aliphatic carbocycles. The summed E-state index contributed by atoms with van der Waals surface area (Å²) >= 11 is 0. The van der Waals surface area contributed by atoms with E-state index in [1.54, 1.807) is 62.4 Å². The Morgan fingerprint density at radius 1 is 0.875 bits per heavy atom. The van der Waals surface area contributed by atoms with Gasteiger partial charge in [0.05, 0.1) is 39.7 Å². The average Bonchev–Trinajstić information content (AvgIpc) is 3.01. The van der Waals surface area contributed by atoms with Gasteiger partial charge in [-0.1, -0.05) is 26.0 Å². The van der Waals surface area contributed by atoms with E-state index in [9.17, 15) is 28.2 Å². The lowest BCUT2D eigenvalue weighted by atomic mass is 9.98. The molecule has 1 heterocycles. The van der Waals surface area contributed by atoms with Crippen molar-refractivity contribution in [2.75, 3.05) is 22.5 Å². The number of aromatic hydroxyl groups is 2. The predicted molar refractivity (Wildman–Crippen MR) is 184 cm³/mol. The molecule has 14 heteroatoms. The summed E-state index contributed by atoms with van der Waals surface area (Å²) in [5.41, 5.74) is 1.61. The van der Waals surface area contributed by atoms with E-state index in [4.69, 9.17) is 4.74 Å². The molecule has 0 aliphatic heterocycles. The number of benzene rings is 3. The van der Waals surface area contributed by atoms with Crippen molar-refractivity contribution in [3.8, 4) is 17.2 Å². The summed E-state index contributed by atoms with van der Waals surface area (Å²) in [6, 6.07) is 15.6. The molecule has 0 saturated carbocycles. The normalized spacial score (nSPS) is 11.4. The lowest BCUT2D eigenvalue weighted by Crippen LogP contribution is -2.33. The van der Waals surface area contributed by atoms with E-state index in [0.29, 0.717) is 34.2 Å². The molecular formula is C34H40N6O7S. The van der Waals surface area contributed by atoms with Crippen LogP contribution in [0.15, 0.2) is 71.8 Å². The highest BCUT2D eigenvalue weighted by molar-refractivity contribution is 7.92. The van der Waals surface area contributed by atoms with Gasteiger partial charge in [-0.15, -0.1) is 0 Å². The van der Waals surface area contributed by atoms with Crippen molar-refractivity contribution in [1.29, 1.82) is 0 Å². The Bertz CT molecular complexity index is 1910. The van der Waals surface area contributed by atoms with Crippen molar-refractivity contribution >= 4 is 50.5 Å². The second-order valence-electron chi connectivity index (χ2n) is 11.8. The summed E-state index contributed by atoms with van der Waals surface area (Å²) in [6.45, 7) is 10.2. The molecule has 2 amide bonds. The summed E-state index contributed by atoms with van der Waals surface area (Å²) in [4.78, 5) is 34.5. The topological polar surface area (TPSA) is 192 Å². The summed E-state index contributed by atoms with van der Waals surface area (Å²) in [5.74, 6) is -0.877. The van der Waals surface area contributed by atoms with Crippen LogP contribution in [0.25, 0.3) is 0 Å². The van der Waals surface area contributed by atoms with Gasteiger partial charge in [-0.25, -0.2) is 13.4 Å². The number of nitrogens with zero attached hydrogens (tertiary/aromatic N) is 2. The van der Waals surface area contributed by atoms with Crippen molar-refractivity contribution in [3.05, 3.63) is 78.0 Å². The highest BCUT2D eigenvalue weighted by atomic mass is 32.2. The maximum atomic E-state index is 12.9. The highest BCUT2D eigenvalue weighted by Gasteiger charge is 2.23. The molecule has 254 valence electrons. The predicted octanol–water partition coefficient (Wildman–Crippen LogP) is 5.84. The van der Waals surface area contributed by atoms with Crippen LogP contribution in [0, 0.1) is 0 Å². The van der Waals surface area contributed by atoms with Gasteiger partial charge in [0, 0.05) is 18.0 Å². The number of rotatable bonds is 13. The molecule has 0 spiro atoms. The Kier molecular flexibility index (Phi) is 11.1. The van der Waals surface area contributed by atoms with Gasteiger partial charge in [0.15, 0.2) is 9.84 Å². The maximum absolute atomic E-state index is 12.9. The van der Waals surface area contributed by atoms with E-state index >= 15 is 0 Å². The van der Waals surface area contributed by atoms with Crippen molar-refractivity contribution < 1.29 is 33.0 Å². The Labute approximate surface area is 279 Å². The summed E-state index contributed by atoms with van der Waals surface area (Å²) in [5, 5.41) is 31.0. The fraction of sp³-hybridized carbons (Fsp3) is 0.294. The lowest BCUT2D eigenvalue weighted by Gasteiger charge is -2.17. The fourth-order valence-corrected chi connectivity index (χ4v) is 5.78. The number of hydrogen-bond donors (Lipinski definition) is 6. The third kappa shape index (κ3) is 8.70. The smallest absolute Gasteiger partial charge is 0.255 e. The van der Waals surface area contributed by atoms with Gasteiger partial charge in [-0.2, -0.15) is 4.98 Å². The molecule has 0 radical (unpaired) electrons. The summed E-state index contributed by atoms with van der Waals surface area (Å²) in [7, 11) is -3.57. The van der Waals surface area contributed by atoms with Crippen LogP contribution in [-0.4, -0.2) is 58.3 Å². The zero-order chi connectivity index (χ0) is 35.2. The number of nitrogens with one attached hydrogen (secondary N) is 4. The SMILES string of the molecule is CC(C)Oc1ccc(NC(=O)CNC(=O)c2cc(C(C)C)c(O)cc2O)cc1Nc1nccc(Nc2ccccc2S(=O)(=O)C(C)C)n1. The second-order valence-corrected chi connectivity index (χ2v) is 14.3. The van der Waals surface area contributed by atoms with Crippen LogP contribution < -0.4 is 26.0 Å². The molecule has 48 heavy (non-hydrogen) atoms. The van der Waals surface area contributed by atoms with E-state index in [1.807, 2.05) is 27.7 Å². The van der Waals surface area contributed by atoms with Gasteiger partial charge in [-0.05, 0) is 81.6 Å². The number of phenols is 2. The molecule has 0 fully saturated rings. The molecule has 4 aromatic rings. The minimum atomic E-state index is -3.57. The van der Waals surface area contributed by atoms with Gasteiger partial charge < -0.3 is 36.2 Å². The first-order valence-electron chi connectivity index (χ1n) is 15.3. The standard InChI is InChI=1S/C34H40N6O7S/c1-19(2)23-16-24(28(42)17-27(23)41)33(44)36-18-32(43)37-22-11-12-29(47-20(3)4)26(15-22)39-34-35-14-13-31(40-34)38-25-9-7-8-10-30(25)48(45,46)21(5)6/h7-17,19-21,41-42H,18H2,1-6H3,(H,36,44)(H,37,43)(H2,35,38,39,40). The Morgan fingerprint density at radius 2 is 1.60 bits per heavy atom. The third-order valence-corrected chi connectivity index (χ3v) is 9.24. The van der Waals surface area contributed by atoms with Crippen LogP contribution in [0.3, 0.4) is 0 Å². The third-order valence-electron chi connectivity index (χ3n) is 7.03. The van der Waals surface area contributed by atoms with Crippen molar-refractivity contribution in [1.82, 2.24) is 15.3 Å². The van der Waals surface area contributed by atoms with Gasteiger partial charge in [0.25, 0.3) is 5.91 Å². The van der Waals surface area contributed by atoms with Gasteiger partial charge in [-0.3, -0.25) is 9.59 Å². The maximum Gasteiger partial charge on any atom is 0.255 e. The number of para-hydroxylation sites is 1. The zero-order valence-corrected chi connectivity index (χ0v) is 28.3. The van der Waals surface area contributed by atoms with E-state index in [2.05, 4.69) is 31.2 Å². The average molecular weight is 677 g/mol. The molecule has 0 saturated heterocycles. The lowest BCUT2D eigenvalue weighted by molar-refractivity contribution is -0.115. The molecule has 6 N–H and O–H groups in total. The summed E-state index contributed by atoms with van der Waals surface area (Å²) < 4.78 is 31.8. The zero-order valence-electron chi connectivity index (χ0n) is 27.5. The molecule has 4 rings (SSSR count). The number of ether oxygens (including phenoxy) is 1. The minimum absolute atomic E-state index is 0.0623. The minimum Gasteiger partial charge on any atom is -0.508 e.